The van der Waals surface area contributed by atoms with E-state index in [9.17, 15) is 4.39 Å². The maximum absolute atomic E-state index is 12.9. The van der Waals surface area contributed by atoms with Crippen LogP contribution in [0.25, 0.3) is 0 Å². The van der Waals surface area contributed by atoms with E-state index in [0.717, 1.165) is 16.5 Å². The molecule has 0 amide bonds. The van der Waals surface area contributed by atoms with Crippen molar-refractivity contribution in [1.82, 2.24) is 0 Å². The van der Waals surface area contributed by atoms with E-state index in [1.165, 1.54) is 12.1 Å². The number of rotatable bonds is 4. The highest BCUT2D eigenvalue weighted by atomic mass is 79.9. The topological polar surface area (TPSA) is 26.0 Å². The van der Waals surface area contributed by atoms with Gasteiger partial charge in [-0.2, -0.15) is 0 Å². The molecule has 3 heteroatoms. The lowest BCUT2D eigenvalue weighted by atomic mass is 9.89. The molecule has 15 heavy (non-hydrogen) atoms. The first-order valence-corrected chi connectivity index (χ1v) is 5.98. The molecule has 0 aliphatic heterocycles. The fourth-order valence-corrected chi connectivity index (χ4v) is 2.07. The number of nitrogens with two attached hydrogens (primary N) is 1. The Morgan fingerprint density at radius 1 is 1.40 bits per heavy atom. The summed E-state index contributed by atoms with van der Waals surface area (Å²) in [6.45, 7) is 4.99. The molecule has 0 heterocycles. The van der Waals surface area contributed by atoms with Crippen LogP contribution in [0.4, 0.5) is 4.39 Å². The van der Waals surface area contributed by atoms with Gasteiger partial charge in [0.1, 0.15) is 5.82 Å². The van der Waals surface area contributed by atoms with Gasteiger partial charge in [-0.05, 0) is 42.5 Å². The Morgan fingerprint density at radius 3 is 2.53 bits per heavy atom. The zero-order chi connectivity index (χ0) is 11.4. The van der Waals surface area contributed by atoms with Gasteiger partial charge in [-0.15, -0.1) is 0 Å². The van der Waals surface area contributed by atoms with Crippen LogP contribution in [0.15, 0.2) is 22.7 Å². The van der Waals surface area contributed by atoms with Gasteiger partial charge in [-0.25, -0.2) is 4.39 Å². The highest BCUT2D eigenvalue weighted by Crippen LogP contribution is 2.23. The minimum atomic E-state index is -0.209. The van der Waals surface area contributed by atoms with E-state index in [-0.39, 0.29) is 5.82 Å². The summed E-state index contributed by atoms with van der Waals surface area (Å²) >= 11 is 3.37. The van der Waals surface area contributed by atoms with E-state index in [4.69, 9.17) is 5.73 Å². The molecule has 0 aliphatic carbocycles. The lowest BCUT2D eigenvalue weighted by molar-refractivity contribution is 0.391. The third-order valence-corrected chi connectivity index (χ3v) is 3.48. The van der Waals surface area contributed by atoms with Crippen LogP contribution in [-0.2, 0) is 6.42 Å². The highest BCUT2D eigenvalue weighted by molar-refractivity contribution is 9.10. The Balaban J connectivity index is 2.79. The molecular weight excluding hydrogens is 257 g/mol. The zero-order valence-electron chi connectivity index (χ0n) is 9.13. The van der Waals surface area contributed by atoms with Gasteiger partial charge in [0.2, 0.25) is 0 Å². The number of halogens is 2. The van der Waals surface area contributed by atoms with Crippen LogP contribution >= 0.6 is 15.9 Å². The van der Waals surface area contributed by atoms with Gasteiger partial charge in [0.15, 0.2) is 0 Å². The smallest absolute Gasteiger partial charge is 0.124 e. The van der Waals surface area contributed by atoms with Crippen molar-refractivity contribution in [2.75, 3.05) is 6.54 Å². The summed E-state index contributed by atoms with van der Waals surface area (Å²) in [5.74, 6) is 0.790. The largest absolute Gasteiger partial charge is 0.330 e. The Bertz CT molecular complexity index is 325. The summed E-state index contributed by atoms with van der Waals surface area (Å²) < 4.78 is 13.7. The molecule has 0 aliphatic rings. The van der Waals surface area contributed by atoms with Crippen LogP contribution in [0.1, 0.15) is 19.4 Å². The second-order valence-electron chi connectivity index (χ2n) is 4.18. The lowest BCUT2D eigenvalue weighted by Crippen LogP contribution is -2.22. The van der Waals surface area contributed by atoms with E-state index < -0.39 is 0 Å². The summed E-state index contributed by atoms with van der Waals surface area (Å²) in [5, 5.41) is 0. The fraction of sp³-hybridized carbons (Fsp3) is 0.500. The minimum Gasteiger partial charge on any atom is -0.330 e. The van der Waals surface area contributed by atoms with Gasteiger partial charge in [-0.1, -0.05) is 35.8 Å². The molecule has 0 saturated heterocycles. The molecular formula is C12H17BrFN. The van der Waals surface area contributed by atoms with Crippen LogP contribution in [-0.4, -0.2) is 6.54 Å². The molecule has 0 spiro atoms. The maximum Gasteiger partial charge on any atom is 0.124 e. The first-order valence-electron chi connectivity index (χ1n) is 5.18. The quantitative estimate of drug-likeness (QED) is 0.895. The summed E-state index contributed by atoms with van der Waals surface area (Å²) in [5.41, 5.74) is 6.84. The Labute approximate surface area is 99.0 Å². The molecule has 0 saturated carbocycles. The van der Waals surface area contributed by atoms with Crippen molar-refractivity contribution in [2.45, 2.75) is 20.3 Å². The van der Waals surface area contributed by atoms with E-state index >= 15 is 0 Å². The first-order chi connectivity index (χ1) is 7.04. The molecule has 1 nitrogen and oxygen atoms in total. The monoisotopic (exact) mass is 273 g/mol. The lowest BCUT2D eigenvalue weighted by Gasteiger charge is -2.19. The van der Waals surface area contributed by atoms with Gasteiger partial charge in [0, 0.05) is 4.47 Å². The van der Waals surface area contributed by atoms with Gasteiger partial charge >= 0.3 is 0 Å². The molecule has 2 N–H and O–H groups in total. The number of hydrogen-bond acceptors (Lipinski definition) is 1. The minimum absolute atomic E-state index is 0.209. The molecule has 1 unspecified atom stereocenters. The second kappa shape index (κ2) is 5.61. The average molecular weight is 274 g/mol. The number of benzene rings is 1. The van der Waals surface area contributed by atoms with Crippen molar-refractivity contribution >= 4 is 15.9 Å². The molecule has 1 aromatic rings. The molecule has 0 bridgehead atoms. The summed E-state index contributed by atoms with van der Waals surface area (Å²) in [6.07, 6.45) is 0.898. The van der Waals surface area contributed by atoms with Crippen LogP contribution in [0.3, 0.4) is 0 Å². The van der Waals surface area contributed by atoms with Crippen LogP contribution < -0.4 is 5.73 Å². The van der Waals surface area contributed by atoms with Gasteiger partial charge in [0.05, 0.1) is 0 Å². The van der Waals surface area contributed by atoms with Crippen molar-refractivity contribution in [2.24, 2.45) is 17.6 Å². The molecule has 1 rings (SSSR count). The van der Waals surface area contributed by atoms with E-state index in [2.05, 4.69) is 29.8 Å². The van der Waals surface area contributed by atoms with E-state index in [1.54, 1.807) is 0 Å². The normalized spacial score (nSPS) is 13.2. The van der Waals surface area contributed by atoms with E-state index in [0.29, 0.717) is 18.4 Å². The fourth-order valence-electron chi connectivity index (χ4n) is 1.56. The molecule has 1 atom stereocenters. The molecule has 0 radical (unpaired) electrons. The molecule has 0 fully saturated rings. The van der Waals surface area contributed by atoms with Crippen molar-refractivity contribution < 1.29 is 4.39 Å². The standard InChI is InChI=1S/C12H17BrFN/c1-8(2)10(7-15)5-9-3-4-11(14)6-12(9)13/h3-4,6,8,10H,5,7,15H2,1-2H3. The van der Waals surface area contributed by atoms with Gasteiger partial charge < -0.3 is 5.73 Å². The van der Waals surface area contributed by atoms with Crippen molar-refractivity contribution in [3.8, 4) is 0 Å². The highest BCUT2D eigenvalue weighted by Gasteiger charge is 2.13. The summed E-state index contributed by atoms with van der Waals surface area (Å²) in [7, 11) is 0. The van der Waals surface area contributed by atoms with Crippen molar-refractivity contribution in [3.63, 3.8) is 0 Å². The maximum atomic E-state index is 12.9. The Kier molecular flexibility index (Phi) is 4.74. The van der Waals surface area contributed by atoms with Gasteiger partial charge in [0.25, 0.3) is 0 Å². The zero-order valence-corrected chi connectivity index (χ0v) is 10.7. The molecule has 0 aromatic heterocycles. The Hall–Kier alpha value is -0.410. The second-order valence-corrected chi connectivity index (χ2v) is 5.03. The third kappa shape index (κ3) is 3.58. The van der Waals surface area contributed by atoms with E-state index in [1.807, 2.05) is 6.07 Å². The van der Waals surface area contributed by atoms with Crippen molar-refractivity contribution in [1.29, 1.82) is 0 Å². The van der Waals surface area contributed by atoms with Crippen LogP contribution in [0.5, 0.6) is 0 Å². The SMILES string of the molecule is CC(C)C(CN)Cc1ccc(F)cc1Br. The van der Waals surface area contributed by atoms with Crippen LogP contribution in [0, 0.1) is 17.7 Å². The average Bonchev–Trinajstić information content (AvgIpc) is 2.16. The predicted molar refractivity (Wildman–Crippen MR) is 65.2 cm³/mol. The van der Waals surface area contributed by atoms with Crippen LogP contribution in [0.2, 0.25) is 0 Å². The first kappa shape index (κ1) is 12.7. The molecule has 1 aromatic carbocycles. The van der Waals surface area contributed by atoms with Crippen molar-refractivity contribution in [3.05, 3.63) is 34.1 Å². The predicted octanol–water partition coefficient (Wildman–Crippen LogP) is 3.36. The van der Waals surface area contributed by atoms with Gasteiger partial charge in [-0.3, -0.25) is 0 Å². The number of hydrogen-bond donors (Lipinski definition) is 1. The Morgan fingerprint density at radius 2 is 2.07 bits per heavy atom. The molecule has 84 valence electrons. The summed E-state index contributed by atoms with van der Waals surface area (Å²) in [4.78, 5) is 0. The third-order valence-electron chi connectivity index (χ3n) is 2.74. The summed E-state index contributed by atoms with van der Waals surface area (Å²) in [6, 6.07) is 4.82.